The third-order valence-corrected chi connectivity index (χ3v) is 21.5. The van der Waals surface area contributed by atoms with Crippen LogP contribution in [0.25, 0.3) is 0 Å². The smallest absolute Gasteiger partial charge is 0.451 e. The fraction of sp³-hybridized carbons (Fsp3) is 1.00. The van der Waals surface area contributed by atoms with Gasteiger partial charge in [0.25, 0.3) is 0 Å². The van der Waals surface area contributed by atoms with Gasteiger partial charge in [0.2, 0.25) is 0 Å². The Kier molecular flexibility index (Phi) is 22.9. The average molecular weight is 950 g/mol. The minimum atomic E-state index is -2.57. The van der Waals surface area contributed by atoms with Crippen molar-refractivity contribution in [2.45, 2.75) is 313 Å². The van der Waals surface area contributed by atoms with Crippen LogP contribution >= 0.6 is 0 Å². The van der Waals surface area contributed by atoms with Crippen molar-refractivity contribution in [3.8, 4) is 0 Å². The van der Waals surface area contributed by atoms with Gasteiger partial charge in [-0.25, -0.2) is 0 Å². The minimum Gasteiger partial charge on any atom is -0.451 e. The third kappa shape index (κ3) is 17.2. The van der Waals surface area contributed by atoms with Crippen LogP contribution in [0.5, 0.6) is 0 Å². The van der Waals surface area contributed by atoms with E-state index >= 15 is 0 Å². The van der Waals surface area contributed by atoms with Crippen molar-refractivity contribution in [2.75, 3.05) is 0 Å². The molecule has 0 radical (unpaired) electrons. The molecule has 3 unspecified atom stereocenters. The summed E-state index contributed by atoms with van der Waals surface area (Å²) in [6.45, 7) is 29.8. The highest BCUT2D eigenvalue weighted by Crippen LogP contribution is 2.54. The van der Waals surface area contributed by atoms with E-state index in [1.165, 1.54) is 212 Å². The SMILES string of the molecule is CC(C)CC1(CC(C)C)CCC(C([O][Al]([O]C(C2CCCCC2)C2CCC(CC(C)C)(CC(C)C)CC2)[O]C(C2CCCCC2)C2CCC(CC(C)C)(CC(C)C)CC2)C2CCCCC2)CC1. The molecular formula is C63H117AlO3. The van der Waals surface area contributed by atoms with Crippen LogP contribution < -0.4 is 0 Å². The molecule has 6 aliphatic carbocycles. The van der Waals surface area contributed by atoms with E-state index < -0.39 is 15.1 Å². The zero-order valence-electron chi connectivity index (χ0n) is 47.3. The van der Waals surface area contributed by atoms with Crippen molar-refractivity contribution in [1.82, 2.24) is 0 Å². The van der Waals surface area contributed by atoms with E-state index in [-0.39, 0.29) is 0 Å². The Morgan fingerprint density at radius 1 is 0.284 bits per heavy atom. The Bertz CT molecular complexity index is 1130. The van der Waals surface area contributed by atoms with E-state index in [2.05, 4.69) is 83.1 Å². The van der Waals surface area contributed by atoms with E-state index in [1.54, 1.807) is 0 Å². The van der Waals surface area contributed by atoms with Gasteiger partial charge in [0.05, 0.1) is 0 Å². The second-order valence-corrected chi connectivity index (χ2v) is 30.3. The first kappa shape index (κ1) is 56.7. The van der Waals surface area contributed by atoms with Crippen LogP contribution in [0.4, 0.5) is 0 Å². The first-order valence-corrected chi connectivity index (χ1v) is 32.3. The molecule has 6 aliphatic rings. The lowest BCUT2D eigenvalue weighted by Gasteiger charge is -2.49. The zero-order chi connectivity index (χ0) is 48.2. The molecule has 4 heteroatoms. The molecule has 0 saturated heterocycles. The standard InChI is InChI=1S/3C21H39O.Al/c3*1-16(2)14-21(15-17(3)4)12-10-19(11-13-21)20(22)18-8-6-5-7-9-18;/h3*16-20H,5-15H2,1-4H3;/q3*-1;+3. The monoisotopic (exact) mass is 949 g/mol. The maximum Gasteiger partial charge on any atom is 0.906 e. The van der Waals surface area contributed by atoms with E-state index in [0.717, 1.165) is 35.5 Å². The fourth-order valence-electron chi connectivity index (χ4n) is 18.1. The summed E-state index contributed by atoms with van der Waals surface area (Å²) in [5.74, 6) is 8.63. The molecule has 0 heterocycles. The zero-order valence-corrected chi connectivity index (χ0v) is 48.5. The van der Waals surface area contributed by atoms with E-state index in [9.17, 15) is 0 Å². The Hall–Kier alpha value is 0.412. The third-order valence-electron chi connectivity index (χ3n) is 19.9. The van der Waals surface area contributed by atoms with Crippen molar-refractivity contribution in [1.29, 1.82) is 0 Å². The van der Waals surface area contributed by atoms with Crippen LogP contribution in [0.2, 0.25) is 0 Å². The van der Waals surface area contributed by atoms with Gasteiger partial charge in [-0.3, -0.25) is 0 Å². The van der Waals surface area contributed by atoms with Crippen LogP contribution in [0.1, 0.15) is 295 Å². The molecule has 0 aromatic carbocycles. The normalized spacial score (nSPS) is 26.1. The van der Waals surface area contributed by atoms with E-state index in [1.807, 2.05) is 0 Å². The maximum absolute atomic E-state index is 8.17. The summed E-state index contributed by atoms with van der Waals surface area (Å²) in [5, 5.41) is 0. The summed E-state index contributed by atoms with van der Waals surface area (Å²) in [4.78, 5) is 0. The highest BCUT2D eigenvalue weighted by Gasteiger charge is 2.51. The molecule has 6 rings (SSSR count). The van der Waals surface area contributed by atoms with Gasteiger partial charge in [-0.1, -0.05) is 141 Å². The maximum atomic E-state index is 8.17. The van der Waals surface area contributed by atoms with Gasteiger partial charge in [-0.2, -0.15) is 0 Å². The van der Waals surface area contributed by atoms with Crippen LogP contribution in [0, 0.1) is 87.3 Å². The average Bonchev–Trinajstić information content (AvgIpc) is 3.27. The van der Waals surface area contributed by atoms with Gasteiger partial charge >= 0.3 is 15.1 Å². The molecule has 0 bridgehead atoms. The van der Waals surface area contributed by atoms with E-state index in [4.69, 9.17) is 11.4 Å². The highest BCUT2D eigenvalue weighted by atomic mass is 27.3. The molecule has 67 heavy (non-hydrogen) atoms. The molecule has 0 N–H and O–H groups in total. The largest absolute Gasteiger partial charge is 0.906 e. The first-order valence-electron chi connectivity index (χ1n) is 30.9. The fourth-order valence-corrected chi connectivity index (χ4v) is 20.4. The molecule has 390 valence electrons. The predicted octanol–water partition coefficient (Wildman–Crippen LogP) is 19.7. The molecular weight excluding hydrogens is 832 g/mol. The summed E-state index contributed by atoms with van der Waals surface area (Å²) in [5.41, 5.74) is 1.54. The van der Waals surface area contributed by atoms with Crippen molar-refractivity contribution in [2.24, 2.45) is 87.3 Å². The number of hydrogen-bond acceptors (Lipinski definition) is 3. The topological polar surface area (TPSA) is 27.7 Å². The van der Waals surface area contributed by atoms with Gasteiger partial charge in [0, 0.05) is 18.3 Å². The van der Waals surface area contributed by atoms with Gasteiger partial charge in [0.15, 0.2) is 0 Å². The molecule has 0 aliphatic heterocycles. The Labute approximate surface area is 424 Å². The second-order valence-electron chi connectivity index (χ2n) is 28.9. The molecule has 0 aromatic heterocycles. The summed E-state index contributed by atoms with van der Waals surface area (Å²) < 4.78 is 24.5. The van der Waals surface area contributed by atoms with Crippen LogP contribution in [0.3, 0.4) is 0 Å². The molecule has 6 saturated carbocycles. The molecule has 0 aromatic rings. The molecule has 0 spiro atoms. The molecule has 6 fully saturated rings. The molecule has 0 amide bonds. The lowest BCUT2D eigenvalue weighted by atomic mass is 9.61. The van der Waals surface area contributed by atoms with Gasteiger partial charge < -0.3 is 11.4 Å². The molecule has 3 nitrogen and oxygen atoms in total. The highest BCUT2D eigenvalue weighted by molar-refractivity contribution is 6.36. The Morgan fingerprint density at radius 2 is 0.463 bits per heavy atom. The summed E-state index contributed by atoms with van der Waals surface area (Å²) in [6.07, 6.45) is 46.6. The quantitative estimate of drug-likeness (QED) is 0.0903. The first-order chi connectivity index (χ1) is 32.0. The summed E-state index contributed by atoms with van der Waals surface area (Å²) in [7, 11) is 0. The van der Waals surface area contributed by atoms with Crippen molar-refractivity contribution < 1.29 is 11.4 Å². The Morgan fingerprint density at radius 3 is 0.642 bits per heavy atom. The van der Waals surface area contributed by atoms with Crippen LogP contribution in [-0.4, -0.2) is 33.5 Å². The Balaban J connectivity index is 1.34. The van der Waals surface area contributed by atoms with E-state index in [0.29, 0.717) is 70.1 Å². The predicted molar refractivity (Wildman–Crippen MR) is 290 cm³/mol. The number of rotatable bonds is 24. The van der Waals surface area contributed by atoms with Crippen molar-refractivity contribution in [3.05, 3.63) is 0 Å². The van der Waals surface area contributed by atoms with Crippen LogP contribution in [-0.2, 0) is 11.4 Å². The van der Waals surface area contributed by atoms with Gasteiger partial charge in [-0.05, 0) is 241 Å². The van der Waals surface area contributed by atoms with Gasteiger partial charge in [-0.15, -0.1) is 0 Å². The van der Waals surface area contributed by atoms with Crippen molar-refractivity contribution in [3.63, 3.8) is 0 Å². The minimum absolute atomic E-state index is 0.319. The molecule has 3 atom stereocenters. The lowest BCUT2D eigenvalue weighted by molar-refractivity contribution is -0.0960. The summed E-state index contributed by atoms with van der Waals surface area (Å²) >= 11 is -2.57. The second kappa shape index (κ2) is 27.1. The number of hydrogen-bond donors (Lipinski definition) is 0. The lowest BCUT2D eigenvalue weighted by Crippen LogP contribution is -2.50. The summed E-state index contributed by atoms with van der Waals surface area (Å²) in [6, 6.07) is 0. The van der Waals surface area contributed by atoms with Gasteiger partial charge in [0.1, 0.15) is 0 Å². The van der Waals surface area contributed by atoms with Crippen LogP contribution in [0.15, 0.2) is 0 Å². The van der Waals surface area contributed by atoms with Crippen molar-refractivity contribution >= 4 is 15.1 Å².